The van der Waals surface area contributed by atoms with Gasteiger partial charge in [0.1, 0.15) is 38.5 Å². The lowest BCUT2D eigenvalue weighted by atomic mass is 10.2. The van der Waals surface area contributed by atoms with Crippen LogP contribution >= 0.6 is 0 Å². The van der Waals surface area contributed by atoms with Gasteiger partial charge in [-0.15, -0.1) is 0 Å². The SMILES string of the molecule is Cc1ncc([N+](=O)[O-])n1CC(O)C[N+]1(C)CCOCC1.[Cl-]. The van der Waals surface area contributed by atoms with Crippen LogP contribution in [0.4, 0.5) is 5.82 Å². The maximum atomic E-state index is 10.9. The van der Waals surface area contributed by atoms with E-state index >= 15 is 0 Å². The Balaban J connectivity index is 0.00000220. The molecule has 1 unspecified atom stereocenters. The van der Waals surface area contributed by atoms with Gasteiger partial charge < -0.3 is 36.8 Å². The largest absolute Gasteiger partial charge is 1.00 e. The van der Waals surface area contributed by atoms with E-state index in [4.69, 9.17) is 4.74 Å². The van der Waals surface area contributed by atoms with Crippen molar-refractivity contribution >= 4 is 5.82 Å². The fourth-order valence-corrected chi connectivity index (χ4v) is 2.57. The Kier molecular flexibility index (Phi) is 6.09. The number of aliphatic hydroxyl groups excluding tert-OH is 1. The van der Waals surface area contributed by atoms with E-state index in [0.717, 1.165) is 17.6 Å². The highest BCUT2D eigenvalue weighted by molar-refractivity contribution is 5.18. The highest BCUT2D eigenvalue weighted by atomic mass is 35.5. The molecule has 0 aromatic carbocycles. The molecule has 8 nitrogen and oxygen atoms in total. The third-order valence-corrected chi connectivity index (χ3v) is 3.82. The van der Waals surface area contributed by atoms with E-state index in [-0.39, 0.29) is 24.8 Å². The minimum atomic E-state index is -0.648. The Labute approximate surface area is 129 Å². The lowest BCUT2D eigenvalue weighted by molar-refractivity contribution is -0.919. The average molecular weight is 321 g/mol. The van der Waals surface area contributed by atoms with Crippen molar-refractivity contribution in [3.8, 4) is 0 Å². The zero-order valence-corrected chi connectivity index (χ0v) is 13.0. The predicted octanol–water partition coefficient (Wildman–Crippen LogP) is -3.06. The molecule has 2 heterocycles. The van der Waals surface area contributed by atoms with Gasteiger partial charge in [0.2, 0.25) is 0 Å². The van der Waals surface area contributed by atoms with Crippen molar-refractivity contribution < 1.29 is 31.7 Å². The molecule has 1 aliphatic heterocycles. The highest BCUT2D eigenvalue weighted by Crippen LogP contribution is 2.16. The van der Waals surface area contributed by atoms with Crippen molar-refractivity contribution in [1.82, 2.24) is 9.55 Å². The average Bonchev–Trinajstić information content (AvgIpc) is 2.71. The number of hydrogen-bond donors (Lipinski definition) is 1. The van der Waals surface area contributed by atoms with E-state index in [1.165, 1.54) is 10.8 Å². The highest BCUT2D eigenvalue weighted by Gasteiger charge is 2.30. The predicted molar refractivity (Wildman–Crippen MR) is 71.2 cm³/mol. The molecule has 2 rings (SSSR count). The molecule has 1 N–H and O–H groups in total. The first-order valence-electron chi connectivity index (χ1n) is 6.67. The molecule has 0 radical (unpaired) electrons. The molecule has 1 fully saturated rings. The van der Waals surface area contributed by atoms with Gasteiger partial charge in [-0.1, -0.05) is 0 Å². The minimum absolute atomic E-state index is 0. The van der Waals surface area contributed by atoms with E-state index in [1.54, 1.807) is 6.92 Å². The lowest BCUT2D eigenvalue weighted by Gasteiger charge is -2.38. The summed E-state index contributed by atoms with van der Waals surface area (Å²) in [7, 11) is 2.07. The maximum absolute atomic E-state index is 10.9. The molecule has 1 aromatic rings. The van der Waals surface area contributed by atoms with Crippen LogP contribution in [0.2, 0.25) is 0 Å². The van der Waals surface area contributed by atoms with E-state index < -0.39 is 11.0 Å². The van der Waals surface area contributed by atoms with Crippen LogP contribution in [-0.4, -0.2) is 70.1 Å². The molecule has 0 spiro atoms. The topological polar surface area (TPSA) is 90.4 Å². The molecular weight excluding hydrogens is 300 g/mol. The molecule has 0 saturated carbocycles. The number of imidazole rings is 1. The first-order valence-corrected chi connectivity index (χ1v) is 6.67. The summed E-state index contributed by atoms with van der Waals surface area (Å²) in [5.74, 6) is 0.464. The number of morpholine rings is 1. The Morgan fingerprint density at radius 2 is 2.19 bits per heavy atom. The van der Waals surface area contributed by atoms with Crippen LogP contribution in [0.1, 0.15) is 5.82 Å². The molecule has 1 aliphatic rings. The number of nitro groups is 1. The fourth-order valence-electron chi connectivity index (χ4n) is 2.57. The number of ether oxygens (including phenoxy) is 1. The molecule has 1 atom stereocenters. The van der Waals surface area contributed by atoms with E-state index in [1.807, 2.05) is 0 Å². The number of quaternary nitrogens is 1. The number of aryl methyl sites for hydroxylation is 1. The summed E-state index contributed by atoms with van der Waals surface area (Å²) in [6.07, 6.45) is 0.581. The van der Waals surface area contributed by atoms with Crippen LogP contribution in [0.25, 0.3) is 0 Å². The van der Waals surface area contributed by atoms with Crippen molar-refractivity contribution in [2.24, 2.45) is 0 Å². The van der Waals surface area contributed by atoms with Gasteiger partial charge in [0.05, 0.1) is 20.3 Å². The quantitative estimate of drug-likeness (QED) is 0.353. The van der Waals surface area contributed by atoms with Gasteiger partial charge >= 0.3 is 5.82 Å². The molecule has 0 bridgehead atoms. The van der Waals surface area contributed by atoms with Crippen molar-refractivity contribution in [2.75, 3.05) is 39.9 Å². The van der Waals surface area contributed by atoms with Gasteiger partial charge in [0.25, 0.3) is 0 Å². The number of likely N-dealkylation sites (N-methyl/N-ethyl adjacent to an activating group) is 1. The first kappa shape index (κ1) is 17.8. The molecule has 1 aromatic heterocycles. The Morgan fingerprint density at radius 1 is 1.57 bits per heavy atom. The van der Waals surface area contributed by atoms with Crippen LogP contribution < -0.4 is 12.4 Å². The van der Waals surface area contributed by atoms with E-state index in [9.17, 15) is 15.2 Å². The smallest absolute Gasteiger partial charge is 0.342 e. The second-order valence-electron chi connectivity index (χ2n) is 5.55. The molecule has 0 amide bonds. The normalized spacial score (nSPS) is 18.8. The lowest BCUT2D eigenvalue weighted by Crippen LogP contribution is -3.00. The number of hydrogen-bond acceptors (Lipinski definition) is 5. The fraction of sp³-hybridized carbons (Fsp3) is 0.750. The Hall–Kier alpha value is -1.22. The minimum Gasteiger partial charge on any atom is -1.00 e. The van der Waals surface area contributed by atoms with Gasteiger partial charge in [0, 0.05) is 6.92 Å². The van der Waals surface area contributed by atoms with Gasteiger partial charge in [-0.3, -0.25) is 0 Å². The second kappa shape index (κ2) is 7.17. The molecule has 0 aliphatic carbocycles. The summed E-state index contributed by atoms with van der Waals surface area (Å²) < 4.78 is 7.50. The summed E-state index contributed by atoms with van der Waals surface area (Å²) in [6, 6.07) is 0. The van der Waals surface area contributed by atoms with Gasteiger partial charge in [-0.25, -0.2) is 9.55 Å². The Morgan fingerprint density at radius 3 is 2.76 bits per heavy atom. The van der Waals surface area contributed by atoms with Crippen LogP contribution in [0.3, 0.4) is 0 Å². The zero-order valence-electron chi connectivity index (χ0n) is 12.2. The summed E-state index contributed by atoms with van der Waals surface area (Å²) in [6.45, 7) is 5.52. The van der Waals surface area contributed by atoms with Crippen molar-refractivity contribution in [1.29, 1.82) is 0 Å². The summed E-state index contributed by atoms with van der Waals surface area (Å²) in [5, 5.41) is 21.2. The van der Waals surface area contributed by atoms with Crippen molar-refractivity contribution in [3.05, 3.63) is 22.1 Å². The number of nitrogens with zero attached hydrogens (tertiary/aromatic N) is 4. The summed E-state index contributed by atoms with van der Waals surface area (Å²) in [5.41, 5.74) is 0. The summed E-state index contributed by atoms with van der Waals surface area (Å²) in [4.78, 5) is 14.4. The number of aromatic nitrogens is 2. The third kappa shape index (κ3) is 4.37. The maximum Gasteiger partial charge on any atom is 0.342 e. The Bertz CT molecular complexity index is 488. The van der Waals surface area contributed by atoms with E-state index in [0.29, 0.717) is 25.6 Å². The summed E-state index contributed by atoms with van der Waals surface area (Å²) >= 11 is 0. The van der Waals surface area contributed by atoms with Crippen molar-refractivity contribution in [3.63, 3.8) is 0 Å². The molecular formula is C12H21ClN4O4. The van der Waals surface area contributed by atoms with Crippen LogP contribution in [0.15, 0.2) is 6.20 Å². The monoisotopic (exact) mass is 320 g/mol. The standard InChI is InChI=1S/C12H21N4O4.ClH/c1-10-13-7-12(15(18)19)14(10)8-11(17)9-16(2)3-5-20-6-4-16;/h7,11,17H,3-6,8-9H2,1-2H3;1H/q+1;/p-1. The van der Waals surface area contributed by atoms with Gasteiger partial charge in [-0.2, -0.15) is 0 Å². The van der Waals surface area contributed by atoms with E-state index in [2.05, 4.69) is 12.0 Å². The number of aliphatic hydroxyl groups is 1. The van der Waals surface area contributed by atoms with Crippen LogP contribution in [-0.2, 0) is 11.3 Å². The van der Waals surface area contributed by atoms with Crippen molar-refractivity contribution in [2.45, 2.75) is 19.6 Å². The van der Waals surface area contributed by atoms with Crippen LogP contribution in [0, 0.1) is 17.0 Å². The molecule has 9 heteroatoms. The van der Waals surface area contributed by atoms with Gasteiger partial charge in [-0.05, 0) is 4.92 Å². The molecule has 120 valence electrons. The third-order valence-electron chi connectivity index (χ3n) is 3.82. The molecule has 1 saturated heterocycles. The van der Waals surface area contributed by atoms with Crippen LogP contribution in [0.5, 0.6) is 0 Å². The zero-order chi connectivity index (χ0) is 14.8. The number of halogens is 1. The van der Waals surface area contributed by atoms with Gasteiger partial charge in [0.15, 0.2) is 5.82 Å². The number of rotatable bonds is 5. The second-order valence-corrected chi connectivity index (χ2v) is 5.55. The molecule has 21 heavy (non-hydrogen) atoms. The first-order chi connectivity index (χ1) is 9.41.